The lowest BCUT2D eigenvalue weighted by Crippen LogP contribution is -2.44. The van der Waals surface area contributed by atoms with Crippen molar-refractivity contribution in [3.63, 3.8) is 0 Å². The number of carbonyl (C=O) groups excluding carboxylic acids is 2. The summed E-state index contributed by atoms with van der Waals surface area (Å²) in [4.78, 5) is 30.9. The van der Waals surface area contributed by atoms with E-state index in [4.69, 9.17) is 0 Å². The number of carbonyl (C=O) groups is 2. The van der Waals surface area contributed by atoms with Crippen LogP contribution in [0.1, 0.15) is 31.4 Å². The van der Waals surface area contributed by atoms with E-state index in [0.717, 1.165) is 44.6 Å². The number of aromatic nitrogens is 1. The van der Waals surface area contributed by atoms with Crippen molar-refractivity contribution >= 4 is 11.8 Å². The molecule has 2 aliphatic rings. The van der Waals surface area contributed by atoms with E-state index in [1.807, 2.05) is 35.2 Å². The number of nitrogens with zero attached hydrogens (tertiary/aromatic N) is 2. The Morgan fingerprint density at radius 2 is 2.14 bits per heavy atom. The van der Waals surface area contributed by atoms with Crippen LogP contribution in [0, 0.1) is 5.41 Å². The minimum absolute atomic E-state index is 0.127. The van der Waals surface area contributed by atoms with Gasteiger partial charge in [-0.25, -0.2) is 0 Å². The van der Waals surface area contributed by atoms with Gasteiger partial charge in [-0.2, -0.15) is 0 Å². The second-order valence-electron chi connectivity index (χ2n) is 6.50. The standard InChI is InChI=1S/C16H23N3O2/c1-18-12-16(11-15(18)21)6-9-19(10-7-16)14(20)5-4-13-3-2-8-17-13/h2-3,8,17H,4-7,9-12H2,1H3. The predicted octanol–water partition coefficient (Wildman–Crippen LogP) is 1.42. The molecule has 0 aromatic carbocycles. The molecule has 2 aliphatic heterocycles. The number of nitrogens with one attached hydrogen (secondary N) is 1. The lowest BCUT2D eigenvalue weighted by Gasteiger charge is -2.38. The Bertz CT molecular complexity index is 516. The Hall–Kier alpha value is -1.78. The van der Waals surface area contributed by atoms with E-state index in [2.05, 4.69) is 4.98 Å². The van der Waals surface area contributed by atoms with Crippen LogP contribution in [0.4, 0.5) is 0 Å². The summed E-state index contributed by atoms with van der Waals surface area (Å²) in [6.45, 7) is 2.45. The van der Waals surface area contributed by atoms with E-state index in [1.165, 1.54) is 0 Å². The lowest BCUT2D eigenvalue weighted by molar-refractivity contribution is -0.133. The van der Waals surface area contributed by atoms with Gasteiger partial charge in [-0.1, -0.05) is 0 Å². The fraction of sp³-hybridized carbons (Fsp3) is 0.625. The monoisotopic (exact) mass is 289 g/mol. The number of hydrogen-bond donors (Lipinski definition) is 1. The molecule has 0 unspecified atom stereocenters. The van der Waals surface area contributed by atoms with Gasteiger partial charge in [0.05, 0.1) is 0 Å². The minimum atomic E-state index is 0.127. The van der Waals surface area contributed by atoms with Gasteiger partial charge in [0, 0.05) is 56.8 Å². The van der Waals surface area contributed by atoms with Gasteiger partial charge in [0.25, 0.3) is 0 Å². The van der Waals surface area contributed by atoms with Crippen molar-refractivity contribution in [2.75, 3.05) is 26.7 Å². The number of hydrogen-bond acceptors (Lipinski definition) is 2. The largest absolute Gasteiger partial charge is 0.365 e. The number of likely N-dealkylation sites (tertiary alicyclic amines) is 2. The number of H-pyrrole nitrogens is 1. The van der Waals surface area contributed by atoms with Crippen LogP contribution in [0.25, 0.3) is 0 Å². The van der Waals surface area contributed by atoms with Crippen LogP contribution in [-0.4, -0.2) is 53.3 Å². The maximum atomic E-state index is 12.3. The average molecular weight is 289 g/mol. The number of piperidine rings is 1. The number of aromatic amines is 1. The molecule has 3 rings (SSSR count). The van der Waals surface area contributed by atoms with E-state index in [9.17, 15) is 9.59 Å². The average Bonchev–Trinajstić information content (AvgIpc) is 3.07. The molecule has 0 atom stereocenters. The zero-order valence-corrected chi connectivity index (χ0v) is 12.6. The molecule has 1 aromatic heterocycles. The first-order valence-corrected chi connectivity index (χ1v) is 7.72. The first-order chi connectivity index (χ1) is 10.1. The summed E-state index contributed by atoms with van der Waals surface area (Å²) in [6, 6.07) is 3.97. The highest BCUT2D eigenvalue weighted by Crippen LogP contribution is 2.40. The molecule has 5 nitrogen and oxygen atoms in total. The molecule has 114 valence electrons. The van der Waals surface area contributed by atoms with Crippen LogP contribution < -0.4 is 0 Å². The van der Waals surface area contributed by atoms with Gasteiger partial charge in [-0.15, -0.1) is 0 Å². The summed E-state index contributed by atoms with van der Waals surface area (Å²) in [6.07, 6.45) is 5.79. The van der Waals surface area contributed by atoms with Gasteiger partial charge in [-0.05, 0) is 31.4 Å². The van der Waals surface area contributed by atoms with E-state index >= 15 is 0 Å². The Kier molecular flexibility index (Phi) is 3.74. The van der Waals surface area contributed by atoms with Gasteiger partial charge in [0.2, 0.25) is 11.8 Å². The zero-order valence-electron chi connectivity index (χ0n) is 12.6. The maximum absolute atomic E-state index is 12.3. The summed E-state index contributed by atoms with van der Waals surface area (Å²) in [5.74, 6) is 0.485. The first-order valence-electron chi connectivity index (χ1n) is 7.72. The summed E-state index contributed by atoms with van der Waals surface area (Å²) >= 11 is 0. The quantitative estimate of drug-likeness (QED) is 0.915. The molecular formula is C16H23N3O2. The normalized spacial score (nSPS) is 21.3. The van der Waals surface area contributed by atoms with Crippen molar-refractivity contribution in [2.24, 2.45) is 5.41 Å². The molecule has 2 fully saturated rings. The Morgan fingerprint density at radius 1 is 1.38 bits per heavy atom. The number of amides is 2. The summed E-state index contributed by atoms with van der Waals surface area (Å²) in [5.41, 5.74) is 1.24. The molecule has 0 saturated carbocycles. The van der Waals surface area contributed by atoms with Crippen molar-refractivity contribution in [1.29, 1.82) is 0 Å². The highest BCUT2D eigenvalue weighted by Gasteiger charge is 2.44. The smallest absolute Gasteiger partial charge is 0.222 e. The van der Waals surface area contributed by atoms with E-state index < -0.39 is 0 Å². The SMILES string of the molecule is CN1CC2(CCN(C(=O)CCc3ccc[nH]3)CC2)CC1=O. The molecule has 0 bridgehead atoms. The third-order valence-corrected chi connectivity index (χ3v) is 4.97. The van der Waals surface area contributed by atoms with Crippen LogP contribution in [0.15, 0.2) is 18.3 Å². The molecule has 2 amide bonds. The second kappa shape index (κ2) is 5.54. The van der Waals surface area contributed by atoms with Crippen LogP contribution >= 0.6 is 0 Å². The highest BCUT2D eigenvalue weighted by atomic mass is 16.2. The third kappa shape index (κ3) is 2.96. The van der Waals surface area contributed by atoms with Crippen LogP contribution in [0.2, 0.25) is 0 Å². The molecule has 3 heterocycles. The highest BCUT2D eigenvalue weighted by molar-refractivity contribution is 5.79. The summed E-state index contributed by atoms with van der Waals surface area (Å²) in [5, 5.41) is 0. The molecule has 1 aromatic rings. The Morgan fingerprint density at radius 3 is 2.71 bits per heavy atom. The topological polar surface area (TPSA) is 56.4 Å². The van der Waals surface area contributed by atoms with Gasteiger partial charge in [0.1, 0.15) is 0 Å². The fourth-order valence-electron chi connectivity index (χ4n) is 3.59. The fourth-order valence-corrected chi connectivity index (χ4v) is 3.59. The molecule has 21 heavy (non-hydrogen) atoms. The van der Waals surface area contributed by atoms with Gasteiger partial charge in [-0.3, -0.25) is 9.59 Å². The van der Waals surface area contributed by atoms with Crippen LogP contribution in [-0.2, 0) is 16.0 Å². The molecule has 2 saturated heterocycles. The second-order valence-corrected chi connectivity index (χ2v) is 6.50. The number of aryl methyl sites for hydroxylation is 1. The van der Waals surface area contributed by atoms with Crippen molar-refractivity contribution in [3.8, 4) is 0 Å². The van der Waals surface area contributed by atoms with Gasteiger partial charge in [0.15, 0.2) is 0 Å². The lowest BCUT2D eigenvalue weighted by atomic mass is 9.77. The molecule has 0 aliphatic carbocycles. The Labute approximate surface area is 125 Å². The van der Waals surface area contributed by atoms with Gasteiger partial charge >= 0.3 is 0 Å². The third-order valence-electron chi connectivity index (χ3n) is 4.97. The van der Waals surface area contributed by atoms with E-state index in [1.54, 1.807) is 0 Å². The first kappa shape index (κ1) is 14.2. The molecule has 1 spiro atoms. The molecule has 0 radical (unpaired) electrons. The maximum Gasteiger partial charge on any atom is 0.222 e. The molecule has 5 heteroatoms. The van der Waals surface area contributed by atoms with E-state index in [0.29, 0.717) is 12.8 Å². The molecular weight excluding hydrogens is 266 g/mol. The summed E-state index contributed by atoms with van der Waals surface area (Å²) in [7, 11) is 1.88. The summed E-state index contributed by atoms with van der Waals surface area (Å²) < 4.78 is 0. The van der Waals surface area contributed by atoms with Crippen LogP contribution in [0.5, 0.6) is 0 Å². The van der Waals surface area contributed by atoms with Crippen molar-refractivity contribution in [3.05, 3.63) is 24.0 Å². The van der Waals surface area contributed by atoms with Crippen LogP contribution in [0.3, 0.4) is 0 Å². The van der Waals surface area contributed by atoms with E-state index in [-0.39, 0.29) is 17.2 Å². The van der Waals surface area contributed by atoms with Crippen molar-refractivity contribution in [2.45, 2.75) is 32.1 Å². The van der Waals surface area contributed by atoms with Gasteiger partial charge < -0.3 is 14.8 Å². The predicted molar refractivity (Wildman–Crippen MR) is 79.6 cm³/mol. The Balaban J connectivity index is 1.49. The number of rotatable bonds is 3. The zero-order chi connectivity index (χ0) is 14.9. The minimum Gasteiger partial charge on any atom is -0.365 e. The molecule has 1 N–H and O–H groups in total. The van der Waals surface area contributed by atoms with Crippen molar-refractivity contribution in [1.82, 2.24) is 14.8 Å². The van der Waals surface area contributed by atoms with Crippen molar-refractivity contribution < 1.29 is 9.59 Å².